The second-order valence-electron chi connectivity index (χ2n) is 16.5. The van der Waals surface area contributed by atoms with Crippen molar-refractivity contribution in [1.29, 1.82) is 0 Å². The second kappa shape index (κ2) is 35.4. The van der Waals surface area contributed by atoms with Crippen molar-refractivity contribution in [1.82, 2.24) is 5.32 Å². The van der Waals surface area contributed by atoms with Crippen LogP contribution in [-0.2, 0) is 28.9 Å². The van der Waals surface area contributed by atoms with E-state index in [0.717, 1.165) is 64.2 Å². The first-order chi connectivity index (χ1) is 27.9. The normalized spacial score (nSPS) is 21.7. The third kappa shape index (κ3) is 27.6. The number of allylic oxidation sites excluding steroid dienone is 2. The molecular formula is C44H85NO12S. The summed E-state index contributed by atoms with van der Waals surface area (Å²) in [5.74, 6) is -0.674. The highest BCUT2D eigenvalue weighted by atomic mass is 32.3. The van der Waals surface area contributed by atoms with Gasteiger partial charge in [-0.3, -0.25) is 9.35 Å². The van der Waals surface area contributed by atoms with Gasteiger partial charge in [0.2, 0.25) is 5.91 Å². The minimum atomic E-state index is -5.11. The highest BCUT2D eigenvalue weighted by Gasteiger charge is 2.48. The molecule has 13 nitrogen and oxygen atoms in total. The largest absolute Gasteiger partial charge is 0.397 e. The maximum atomic E-state index is 13.1. The molecule has 0 saturated carbocycles. The van der Waals surface area contributed by atoms with Crippen LogP contribution in [0.3, 0.4) is 0 Å². The van der Waals surface area contributed by atoms with Crippen LogP contribution in [0.4, 0.5) is 0 Å². The van der Waals surface area contributed by atoms with Crippen molar-refractivity contribution >= 4 is 16.3 Å². The first kappa shape index (κ1) is 54.8. The summed E-state index contributed by atoms with van der Waals surface area (Å²) in [6.45, 7) is 3.26. The Morgan fingerprint density at radius 3 is 1.57 bits per heavy atom. The van der Waals surface area contributed by atoms with E-state index in [4.69, 9.17) is 9.47 Å². The molecule has 0 bridgehead atoms. The van der Waals surface area contributed by atoms with Gasteiger partial charge in [0.05, 0.1) is 25.4 Å². The van der Waals surface area contributed by atoms with Gasteiger partial charge in [-0.05, 0) is 38.5 Å². The molecule has 0 aliphatic carbocycles. The van der Waals surface area contributed by atoms with E-state index >= 15 is 0 Å². The maximum absolute atomic E-state index is 13.1. The third-order valence-corrected chi connectivity index (χ3v) is 11.6. The maximum Gasteiger partial charge on any atom is 0.397 e. The summed E-state index contributed by atoms with van der Waals surface area (Å²) < 4.78 is 47.5. The molecule has 344 valence electrons. The molecule has 1 aliphatic rings. The Hall–Kier alpha value is -1.20. The summed E-state index contributed by atoms with van der Waals surface area (Å²) in [5.41, 5.74) is 0. The fraction of sp³-hybridized carbons (Fsp3) is 0.932. The topological polar surface area (TPSA) is 212 Å². The van der Waals surface area contributed by atoms with E-state index in [1.165, 1.54) is 96.3 Å². The molecule has 8 atom stereocenters. The third-order valence-electron chi connectivity index (χ3n) is 11.2. The van der Waals surface area contributed by atoms with Crippen LogP contribution in [0.25, 0.3) is 0 Å². The van der Waals surface area contributed by atoms with Crippen LogP contribution < -0.4 is 5.32 Å². The van der Waals surface area contributed by atoms with E-state index in [-0.39, 0.29) is 6.42 Å². The lowest BCUT2D eigenvalue weighted by atomic mass is 9.99. The number of hydrogen-bond donors (Lipinski definition) is 7. The molecule has 1 heterocycles. The summed E-state index contributed by atoms with van der Waals surface area (Å²) in [6, 6.07) is -1.03. The number of carbonyl (C=O) groups is 1. The number of ether oxygens (including phenoxy) is 2. The monoisotopic (exact) mass is 852 g/mol. The fourth-order valence-corrected chi connectivity index (χ4v) is 7.97. The number of amides is 1. The molecule has 0 radical (unpaired) electrons. The molecule has 14 heteroatoms. The summed E-state index contributed by atoms with van der Waals surface area (Å²) in [6.07, 6.45) is 25.3. The quantitative estimate of drug-likeness (QED) is 0.0180. The zero-order valence-electron chi connectivity index (χ0n) is 36.2. The minimum Gasteiger partial charge on any atom is -0.394 e. The van der Waals surface area contributed by atoms with Crippen molar-refractivity contribution in [3.8, 4) is 0 Å². The summed E-state index contributed by atoms with van der Waals surface area (Å²) >= 11 is 0. The molecular weight excluding hydrogens is 767 g/mol. The van der Waals surface area contributed by atoms with Crippen LogP contribution in [0.5, 0.6) is 0 Å². The number of hydrogen-bond acceptors (Lipinski definition) is 11. The standard InChI is InChI=1S/C44H85NO12S/c1-3-5-7-9-11-13-15-17-19-21-22-24-26-28-30-32-37(47)36(35-55-44-41(50)42(57-58(52,53)54)40(49)39(34-46)56-44)45-43(51)38(48)33-31-29-27-25-23-20-18-16-14-12-10-8-6-4-2/h14,16,36-42,44,46-50H,3-13,15,17-35H2,1-2H3,(H,45,51)(H,52,53,54)/b16-14-. The average Bonchev–Trinajstić information content (AvgIpc) is 3.19. The molecule has 1 amide bonds. The van der Waals surface area contributed by atoms with E-state index in [1.54, 1.807) is 0 Å². The van der Waals surface area contributed by atoms with Gasteiger partial charge in [0, 0.05) is 0 Å². The van der Waals surface area contributed by atoms with Crippen LogP contribution in [0.15, 0.2) is 12.2 Å². The van der Waals surface area contributed by atoms with Crippen molar-refractivity contribution < 1.29 is 57.0 Å². The highest BCUT2D eigenvalue weighted by molar-refractivity contribution is 7.80. The lowest BCUT2D eigenvalue weighted by Crippen LogP contribution is -2.61. The van der Waals surface area contributed by atoms with Crippen molar-refractivity contribution in [3.63, 3.8) is 0 Å². The van der Waals surface area contributed by atoms with Crippen molar-refractivity contribution in [2.24, 2.45) is 0 Å². The van der Waals surface area contributed by atoms with E-state index in [9.17, 15) is 43.3 Å². The van der Waals surface area contributed by atoms with Crippen LogP contribution in [-0.4, -0.2) is 107 Å². The van der Waals surface area contributed by atoms with Crippen molar-refractivity contribution in [2.75, 3.05) is 13.2 Å². The smallest absolute Gasteiger partial charge is 0.394 e. The lowest BCUT2D eigenvalue weighted by Gasteiger charge is -2.41. The Morgan fingerprint density at radius 1 is 0.672 bits per heavy atom. The average molecular weight is 852 g/mol. The Labute approximate surface area is 352 Å². The summed E-state index contributed by atoms with van der Waals surface area (Å²) in [7, 11) is -5.11. The molecule has 0 aromatic heterocycles. The predicted molar refractivity (Wildman–Crippen MR) is 228 cm³/mol. The zero-order chi connectivity index (χ0) is 42.9. The Morgan fingerprint density at radius 2 is 1.10 bits per heavy atom. The van der Waals surface area contributed by atoms with Gasteiger partial charge in [-0.2, -0.15) is 8.42 Å². The van der Waals surface area contributed by atoms with Gasteiger partial charge < -0.3 is 40.3 Å². The van der Waals surface area contributed by atoms with Gasteiger partial charge in [-0.15, -0.1) is 0 Å². The Bertz CT molecular complexity index is 1110. The SMILES string of the molecule is CCCCCC/C=C\CCCCCCCCC(O)C(=O)NC(COC1OC(CO)C(O)C(OS(=O)(=O)O)C1O)C(O)CCCCCCCCCCCCCCCCC. The van der Waals surface area contributed by atoms with Gasteiger partial charge in [0.1, 0.15) is 30.5 Å². The number of nitrogens with one attached hydrogen (secondary N) is 1. The molecule has 1 rings (SSSR count). The van der Waals surface area contributed by atoms with E-state index < -0.39 is 78.5 Å². The molecule has 1 aliphatic heterocycles. The molecule has 8 unspecified atom stereocenters. The van der Waals surface area contributed by atoms with E-state index in [1.807, 2.05) is 0 Å². The van der Waals surface area contributed by atoms with E-state index in [2.05, 4.69) is 35.5 Å². The van der Waals surface area contributed by atoms with Gasteiger partial charge in [0.15, 0.2) is 6.29 Å². The van der Waals surface area contributed by atoms with E-state index in [0.29, 0.717) is 19.3 Å². The first-order valence-corrected chi connectivity index (χ1v) is 24.5. The minimum absolute atomic E-state index is 0.254. The number of aliphatic hydroxyl groups is 5. The van der Waals surface area contributed by atoms with Gasteiger partial charge in [0.25, 0.3) is 0 Å². The molecule has 1 fully saturated rings. The van der Waals surface area contributed by atoms with Crippen LogP contribution in [0, 0.1) is 0 Å². The molecule has 0 aromatic carbocycles. The molecule has 58 heavy (non-hydrogen) atoms. The second-order valence-corrected chi connectivity index (χ2v) is 17.5. The highest BCUT2D eigenvalue weighted by Crippen LogP contribution is 2.26. The lowest BCUT2D eigenvalue weighted by molar-refractivity contribution is -0.298. The number of unbranched alkanes of at least 4 members (excludes halogenated alkanes) is 24. The molecule has 0 aromatic rings. The Balaban J connectivity index is 2.57. The van der Waals surface area contributed by atoms with Gasteiger partial charge in [-0.1, -0.05) is 174 Å². The first-order valence-electron chi connectivity index (χ1n) is 23.2. The van der Waals surface area contributed by atoms with Crippen LogP contribution in [0.1, 0.15) is 200 Å². The molecule has 0 spiro atoms. The molecule has 7 N–H and O–H groups in total. The molecule has 1 saturated heterocycles. The summed E-state index contributed by atoms with van der Waals surface area (Å²) in [5, 5.41) is 55.3. The van der Waals surface area contributed by atoms with Gasteiger partial charge >= 0.3 is 10.4 Å². The van der Waals surface area contributed by atoms with Crippen LogP contribution >= 0.6 is 0 Å². The van der Waals surface area contributed by atoms with Crippen LogP contribution in [0.2, 0.25) is 0 Å². The van der Waals surface area contributed by atoms with Crippen molar-refractivity contribution in [3.05, 3.63) is 12.2 Å². The Kier molecular flexibility index (Phi) is 33.5. The summed E-state index contributed by atoms with van der Waals surface area (Å²) in [4.78, 5) is 13.1. The van der Waals surface area contributed by atoms with Gasteiger partial charge in [-0.25, -0.2) is 4.18 Å². The fourth-order valence-electron chi connectivity index (χ4n) is 7.46. The zero-order valence-corrected chi connectivity index (χ0v) is 37.1. The number of carbonyl (C=O) groups excluding carboxylic acids is 1. The number of aliphatic hydroxyl groups excluding tert-OH is 5. The van der Waals surface area contributed by atoms with Crippen molar-refractivity contribution in [2.45, 2.75) is 249 Å². The number of rotatable bonds is 39. The predicted octanol–water partition coefficient (Wildman–Crippen LogP) is 7.75.